The molecule has 3 heterocycles. The molecule has 32 heavy (non-hydrogen) atoms. The zero-order valence-corrected chi connectivity index (χ0v) is 18.8. The molecule has 0 atom stereocenters. The Morgan fingerprint density at radius 3 is 2.88 bits per heavy atom. The average Bonchev–Trinajstić information content (AvgIpc) is 3.07. The fourth-order valence-corrected chi connectivity index (χ4v) is 4.62. The van der Waals surface area contributed by atoms with Gasteiger partial charge in [-0.25, -0.2) is 9.18 Å². The molecule has 1 amide bonds. The zero-order valence-electron chi connectivity index (χ0n) is 18.1. The van der Waals surface area contributed by atoms with E-state index < -0.39 is 11.8 Å². The maximum absolute atomic E-state index is 13.3. The molecule has 9 heteroatoms. The van der Waals surface area contributed by atoms with E-state index >= 15 is 0 Å². The molecule has 2 aliphatic heterocycles. The molecule has 0 radical (unpaired) electrons. The number of fused-ring (bicyclic) bond motifs is 1. The first-order valence-electron chi connectivity index (χ1n) is 11.0. The molecule has 0 unspecified atom stereocenters. The Balaban J connectivity index is 1.44. The molecule has 1 saturated heterocycles. The van der Waals surface area contributed by atoms with E-state index in [4.69, 9.17) is 26.2 Å². The van der Waals surface area contributed by atoms with Gasteiger partial charge in [-0.2, -0.15) is 5.10 Å². The van der Waals surface area contributed by atoms with Crippen LogP contribution in [-0.4, -0.2) is 48.0 Å². The third kappa shape index (κ3) is 4.66. The summed E-state index contributed by atoms with van der Waals surface area (Å²) in [6.07, 6.45) is 3.77. The second-order valence-corrected chi connectivity index (χ2v) is 8.84. The molecule has 1 aromatic heterocycles. The van der Waals surface area contributed by atoms with Crippen molar-refractivity contribution < 1.29 is 23.5 Å². The number of aromatic nitrogens is 2. The Labute approximate surface area is 191 Å². The quantitative estimate of drug-likeness (QED) is 0.523. The highest BCUT2D eigenvalue weighted by molar-refractivity contribution is 6.31. The minimum Gasteiger partial charge on any atom is -0.462 e. The van der Waals surface area contributed by atoms with Crippen LogP contribution in [0.3, 0.4) is 0 Å². The van der Waals surface area contributed by atoms with Crippen molar-refractivity contribution in [3.63, 3.8) is 0 Å². The van der Waals surface area contributed by atoms with Gasteiger partial charge in [0.25, 0.3) is 5.91 Å². The maximum Gasteiger partial charge on any atom is 0.338 e. The van der Waals surface area contributed by atoms with E-state index in [0.29, 0.717) is 44.7 Å². The van der Waals surface area contributed by atoms with E-state index in [0.717, 1.165) is 36.7 Å². The number of carbonyl (C=O) groups is 2. The van der Waals surface area contributed by atoms with Gasteiger partial charge in [0.1, 0.15) is 5.82 Å². The predicted octanol–water partition coefficient (Wildman–Crippen LogP) is 3.57. The lowest BCUT2D eigenvalue weighted by molar-refractivity contribution is 0.0152. The minimum absolute atomic E-state index is 0.0176. The molecule has 1 fully saturated rings. The number of benzene rings is 1. The van der Waals surface area contributed by atoms with Crippen molar-refractivity contribution >= 4 is 23.5 Å². The lowest BCUT2D eigenvalue weighted by Gasteiger charge is -2.36. The lowest BCUT2D eigenvalue weighted by Crippen LogP contribution is -2.40. The topological polar surface area (TPSA) is 82.5 Å². The summed E-state index contributed by atoms with van der Waals surface area (Å²) in [4.78, 5) is 25.1. The molecule has 1 spiro atoms. The molecular weight excluding hydrogens is 437 g/mol. The van der Waals surface area contributed by atoms with E-state index in [1.54, 1.807) is 0 Å². The van der Waals surface area contributed by atoms with Crippen molar-refractivity contribution in [3.05, 3.63) is 51.6 Å². The third-order valence-electron chi connectivity index (χ3n) is 6.31. The van der Waals surface area contributed by atoms with E-state index in [9.17, 15) is 14.0 Å². The zero-order chi connectivity index (χ0) is 22.7. The molecule has 2 aliphatic rings. The van der Waals surface area contributed by atoms with E-state index in [-0.39, 0.29) is 28.5 Å². The van der Waals surface area contributed by atoms with Crippen LogP contribution < -0.4 is 5.32 Å². The van der Waals surface area contributed by atoms with Crippen molar-refractivity contribution in [2.24, 2.45) is 5.41 Å². The molecule has 172 valence electrons. The van der Waals surface area contributed by atoms with Crippen molar-refractivity contribution in [2.75, 3.05) is 26.4 Å². The number of esters is 1. The predicted molar refractivity (Wildman–Crippen MR) is 116 cm³/mol. The van der Waals surface area contributed by atoms with Gasteiger partial charge in [-0.15, -0.1) is 0 Å². The van der Waals surface area contributed by atoms with Crippen LogP contribution >= 0.6 is 11.6 Å². The summed E-state index contributed by atoms with van der Waals surface area (Å²) in [5.74, 6) is -1.20. The monoisotopic (exact) mass is 463 g/mol. The highest BCUT2D eigenvalue weighted by atomic mass is 35.5. The van der Waals surface area contributed by atoms with E-state index in [1.165, 1.54) is 12.1 Å². The second-order valence-electron chi connectivity index (χ2n) is 8.44. The highest BCUT2D eigenvalue weighted by Gasteiger charge is 2.39. The summed E-state index contributed by atoms with van der Waals surface area (Å²) in [5, 5.41) is 7.69. The Morgan fingerprint density at radius 2 is 2.16 bits per heavy atom. The molecule has 0 aliphatic carbocycles. The number of nitrogens with zero attached hydrogens (tertiary/aromatic N) is 2. The number of hydrogen-bond acceptors (Lipinski definition) is 5. The number of hydrogen-bond donors (Lipinski definition) is 1. The fourth-order valence-electron chi connectivity index (χ4n) is 4.44. The number of ether oxygens (including phenoxy) is 2. The van der Waals surface area contributed by atoms with Crippen LogP contribution in [0.25, 0.3) is 0 Å². The fraction of sp³-hybridized carbons (Fsp3) is 0.522. The Bertz CT molecular complexity index is 1020. The van der Waals surface area contributed by atoms with Gasteiger partial charge >= 0.3 is 5.97 Å². The van der Waals surface area contributed by atoms with Gasteiger partial charge in [-0.1, -0.05) is 18.5 Å². The number of aryl methyl sites for hydroxylation is 2. The van der Waals surface area contributed by atoms with Gasteiger partial charge < -0.3 is 14.8 Å². The number of amides is 1. The van der Waals surface area contributed by atoms with Crippen molar-refractivity contribution in [1.82, 2.24) is 15.1 Å². The molecule has 0 bridgehead atoms. The van der Waals surface area contributed by atoms with Crippen LogP contribution in [0.5, 0.6) is 0 Å². The number of halogens is 2. The maximum atomic E-state index is 13.3. The standard InChI is InChI=1S/C23H27ClFN3O4/c1-2-18-20-19(13-23(14-26-21(20)29)6-10-31-11-7-23)28(27-18)8-3-9-32-22(30)15-4-5-17(25)16(24)12-15/h4-5,12H,2-3,6-11,13-14H2,1H3,(H,26,29). The van der Waals surface area contributed by atoms with Gasteiger partial charge in [-0.05, 0) is 49.3 Å². The molecular formula is C23H27ClFN3O4. The number of nitrogens with one attached hydrogen (secondary N) is 1. The van der Waals surface area contributed by atoms with Gasteiger partial charge in [0.05, 0.1) is 34.1 Å². The normalized spacial score (nSPS) is 17.5. The van der Waals surface area contributed by atoms with Crippen LogP contribution in [0.2, 0.25) is 5.02 Å². The van der Waals surface area contributed by atoms with Crippen molar-refractivity contribution in [2.45, 2.75) is 45.6 Å². The summed E-state index contributed by atoms with van der Waals surface area (Å²) in [7, 11) is 0. The second kappa shape index (κ2) is 9.58. The van der Waals surface area contributed by atoms with Crippen LogP contribution in [0.1, 0.15) is 58.3 Å². The van der Waals surface area contributed by atoms with Gasteiger partial charge in [0.15, 0.2) is 0 Å². The molecule has 1 aromatic carbocycles. The van der Waals surface area contributed by atoms with Gasteiger partial charge in [-0.3, -0.25) is 9.48 Å². The molecule has 7 nitrogen and oxygen atoms in total. The Hall–Kier alpha value is -2.45. The highest BCUT2D eigenvalue weighted by Crippen LogP contribution is 2.37. The molecule has 2 aromatic rings. The van der Waals surface area contributed by atoms with Crippen molar-refractivity contribution in [1.29, 1.82) is 0 Å². The summed E-state index contributed by atoms with van der Waals surface area (Å²) in [5.41, 5.74) is 2.62. The van der Waals surface area contributed by atoms with Crippen LogP contribution in [-0.2, 0) is 28.9 Å². The smallest absolute Gasteiger partial charge is 0.338 e. The molecule has 1 N–H and O–H groups in total. The molecule has 4 rings (SSSR count). The average molecular weight is 464 g/mol. The summed E-state index contributed by atoms with van der Waals surface area (Å²) in [6.45, 7) is 4.73. The van der Waals surface area contributed by atoms with Crippen molar-refractivity contribution in [3.8, 4) is 0 Å². The first kappa shape index (κ1) is 22.7. The largest absolute Gasteiger partial charge is 0.462 e. The third-order valence-corrected chi connectivity index (χ3v) is 6.60. The summed E-state index contributed by atoms with van der Waals surface area (Å²) < 4.78 is 26.1. The van der Waals surface area contributed by atoms with Crippen LogP contribution in [0.15, 0.2) is 18.2 Å². The Morgan fingerprint density at radius 1 is 1.38 bits per heavy atom. The van der Waals surface area contributed by atoms with E-state index in [2.05, 4.69) is 5.32 Å². The first-order chi connectivity index (χ1) is 15.4. The molecule has 0 saturated carbocycles. The van der Waals surface area contributed by atoms with Crippen LogP contribution in [0, 0.1) is 11.2 Å². The van der Waals surface area contributed by atoms with Gasteiger partial charge in [0.2, 0.25) is 0 Å². The number of rotatable bonds is 6. The summed E-state index contributed by atoms with van der Waals surface area (Å²) in [6, 6.07) is 3.74. The minimum atomic E-state index is -0.583. The first-order valence-corrected chi connectivity index (χ1v) is 11.4. The van der Waals surface area contributed by atoms with Gasteiger partial charge in [0, 0.05) is 32.7 Å². The Kier molecular flexibility index (Phi) is 6.81. The number of carbonyl (C=O) groups excluding carboxylic acids is 2. The lowest BCUT2D eigenvalue weighted by atomic mass is 9.76. The summed E-state index contributed by atoms with van der Waals surface area (Å²) >= 11 is 5.73. The van der Waals surface area contributed by atoms with Crippen LogP contribution in [0.4, 0.5) is 4.39 Å². The SMILES string of the molecule is CCc1nn(CCCOC(=O)c2ccc(F)c(Cl)c2)c2c1C(=O)NCC1(CCOCC1)C2. The van der Waals surface area contributed by atoms with E-state index in [1.807, 2.05) is 11.6 Å².